The van der Waals surface area contributed by atoms with E-state index in [4.69, 9.17) is 5.73 Å². The van der Waals surface area contributed by atoms with Crippen LogP contribution in [0.4, 0.5) is 13.2 Å². The number of hydrogen-bond acceptors (Lipinski definition) is 4. The molecule has 3 N–H and O–H groups in total. The molecule has 0 amide bonds. The van der Waals surface area contributed by atoms with Crippen LogP contribution < -0.4 is 15.8 Å². The molecule has 0 aliphatic heterocycles. The second-order valence-corrected chi connectivity index (χ2v) is 4.60. The van der Waals surface area contributed by atoms with E-state index in [2.05, 4.69) is 25.2 Å². The number of nitrogens with two attached hydrogens (primary N) is 1. The number of ether oxygens (including phenoxy) is 1. The van der Waals surface area contributed by atoms with E-state index in [0.717, 1.165) is 0 Å². The summed E-state index contributed by atoms with van der Waals surface area (Å²) in [5.74, 6) is 0.610. The number of aromatic nitrogens is 3. The van der Waals surface area contributed by atoms with Gasteiger partial charge in [-0.25, -0.2) is 4.99 Å². The Kier molecular flexibility index (Phi) is 5.04. The molecule has 1 heterocycles. The van der Waals surface area contributed by atoms with E-state index in [0.29, 0.717) is 17.9 Å². The zero-order valence-electron chi connectivity index (χ0n) is 12.2. The van der Waals surface area contributed by atoms with E-state index in [-0.39, 0.29) is 18.3 Å². The van der Waals surface area contributed by atoms with Crippen molar-refractivity contribution in [2.45, 2.75) is 19.5 Å². The number of rotatable bonds is 5. The van der Waals surface area contributed by atoms with Crippen LogP contribution >= 0.6 is 0 Å². The fraction of sp³-hybridized carbons (Fsp3) is 0.308. The molecule has 2 aromatic rings. The Labute approximate surface area is 130 Å². The Hall–Kier alpha value is -2.78. The van der Waals surface area contributed by atoms with Gasteiger partial charge in [0.15, 0.2) is 11.8 Å². The molecule has 7 nitrogen and oxygen atoms in total. The summed E-state index contributed by atoms with van der Waals surface area (Å²) in [6.07, 6.45) is -3.14. The summed E-state index contributed by atoms with van der Waals surface area (Å²) in [5, 5.41) is 10.5. The molecule has 0 aliphatic rings. The van der Waals surface area contributed by atoms with Gasteiger partial charge in [-0.15, -0.1) is 23.4 Å². The number of guanidine groups is 1. The molecule has 124 valence electrons. The van der Waals surface area contributed by atoms with Crippen LogP contribution in [0, 0.1) is 0 Å². The highest BCUT2D eigenvalue weighted by Crippen LogP contribution is 2.22. The normalized spacial score (nSPS) is 12.3. The molecule has 2 rings (SSSR count). The Morgan fingerprint density at radius 3 is 2.61 bits per heavy atom. The van der Waals surface area contributed by atoms with Crippen LogP contribution in [0.2, 0.25) is 0 Å². The van der Waals surface area contributed by atoms with Crippen molar-refractivity contribution in [3.05, 3.63) is 42.0 Å². The molecular formula is C13H15F3N6O. The number of aryl methyl sites for hydroxylation is 1. The second-order valence-electron chi connectivity index (χ2n) is 4.60. The van der Waals surface area contributed by atoms with Gasteiger partial charge < -0.3 is 20.4 Å². The van der Waals surface area contributed by atoms with Crippen LogP contribution in [0.15, 0.2) is 35.6 Å². The first-order valence-electron chi connectivity index (χ1n) is 6.55. The number of nitrogens with one attached hydrogen (secondary N) is 1. The van der Waals surface area contributed by atoms with Gasteiger partial charge in [0.25, 0.3) is 0 Å². The quantitative estimate of drug-likeness (QED) is 0.638. The van der Waals surface area contributed by atoms with E-state index in [1.54, 1.807) is 17.9 Å². The third-order valence-corrected chi connectivity index (χ3v) is 2.82. The predicted octanol–water partition coefficient (Wildman–Crippen LogP) is 1.32. The van der Waals surface area contributed by atoms with Gasteiger partial charge >= 0.3 is 6.36 Å². The van der Waals surface area contributed by atoms with Crippen LogP contribution in [0.5, 0.6) is 5.75 Å². The molecule has 0 bridgehead atoms. The number of hydrogen-bond donors (Lipinski definition) is 2. The summed E-state index contributed by atoms with van der Waals surface area (Å²) >= 11 is 0. The second kappa shape index (κ2) is 6.99. The molecule has 10 heteroatoms. The topological polar surface area (TPSA) is 90.4 Å². The standard InChI is InChI=1S/C13H15F3N6O/c1-22-8-20-21-11(22)7-19-12(17)18-6-9-2-4-10(5-3-9)23-13(14,15)16/h2-5,8H,6-7H2,1H3,(H3,17,18,19). The van der Waals surface area contributed by atoms with Crippen molar-refractivity contribution in [2.24, 2.45) is 17.8 Å². The Morgan fingerprint density at radius 1 is 1.35 bits per heavy atom. The van der Waals surface area contributed by atoms with E-state index in [1.807, 2.05) is 0 Å². The minimum Gasteiger partial charge on any atom is -0.406 e. The highest BCUT2D eigenvalue weighted by Gasteiger charge is 2.30. The lowest BCUT2D eigenvalue weighted by Crippen LogP contribution is -2.32. The highest BCUT2D eigenvalue weighted by molar-refractivity contribution is 5.77. The minimum atomic E-state index is -4.70. The SMILES string of the molecule is Cn1cnnc1CNC(N)=NCc1ccc(OC(F)(F)F)cc1. The zero-order valence-corrected chi connectivity index (χ0v) is 12.2. The number of aliphatic imine (C=N–C) groups is 1. The summed E-state index contributed by atoms with van der Waals surface area (Å²) in [7, 11) is 1.80. The molecule has 1 aromatic carbocycles. The highest BCUT2D eigenvalue weighted by atomic mass is 19.4. The van der Waals surface area contributed by atoms with Gasteiger partial charge in [-0.1, -0.05) is 12.1 Å². The molecule has 0 saturated heterocycles. The largest absolute Gasteiger partial charge is 0.573 e. The van der Waals surface area contributed by atoms with E-state index in [1.165, 1.54) is 24.3 Å². The number of alkyl halides is 3. The first kappa shape index (κ1) is 16.6. The van der Waals surface area contributed by atoms with Gasteiger partial charge in [0.2, 0.25) is 0 Å². The van der Waals surface area contributed by atoms with Crippen LogP contribution in [0.1, 0.15) is 11.4 Å². The zero-order chi connectivity index (χ0) is 16.9. The number of benzene rings is 1. The summed E-state index contributed by atoms with van der Waals surface area (Å²) in [5.41, 5.74) is 6.41. The maximum Gasteiger partial charge on any atom is 0.573 e. The van der Waals surface area contributed by atoms with Crippen molar-refractivity contribution in [2.75, 3.05) is 0 Å². The van der Waals surface area contributed by atoms with Crippen LogP contribution in [0.25, 0.3) is 0 Å². The van der Waals surface area contributed by atoms with Crippen LogP contribution in [0.3, 0.4) is 0 Å². The Balaban J connectivity index is 1.85. The molecule has 0 atom stereocenters. The van der Waals surface area contributed by atoms with Crippen molar-refractivity contribution in [1.82, 2.24) is 20.1 Å². The summed E-state index contributed by atoms with van der Waals surface area (Å²) in [6.45, 7) is 0.591. The Morgan fingerprint density at radius 2 is 2.04 bits per heavy atom. The molecule has 0 saturated carbocycles. The smallest absolute Gasteiger partial charge is 0.406 e. The van der Waals surface area contributed by atoms with Gasteiger partial charge in [-0.3, -0.25) is 0 Å². The summed E-state index contributed by atoms with van der Waals surface area (Å²) < 4.78 is 41.7. The fourth-order valence-corrected chi connectivity index (χ4v) is 1.67. The minimum absolute atomic E-state index is 0.198. The maximum absolute atomic E-state index is 12.0. The summed E-state index contributed by atoms with van der Waals surface area (Å²) in [4.78, 5) is 4.09. The lowest BCUT2D eigenvalue weighted by Gasteiger charge is -2.09. The lowest BCUT2D eigenvalue weighted by molar-refractivity contribution is -0.274. The third-order valence-electron chi connectivity index (χ3n) is 2.82. The first-order chi connectivity index (χ1) is 10.8. The van der Waals surface area contributed by atoms with E-state index in [9.17, 15) is 13.2 Å². The predicted molar refractivity (Wildman–Crippen MR) is 76.3 cm³/mol. The lowest BCUT2D eigenvalue weighted by atomic mass is 10.2. The average molecular weight is 328 g/mol. The van der Waals surface area contributed by atoms with Gasteiger partial charge in [0, 0.05) is 7.05 Å². The van der Waals surface area contributed by atoms with Gasteiger partial charge in [0.05, 0.1) is 13.1 Å². The van der Waals surface area contributed by atoms with Crippen molar-refractivity contribution < 1.29 is 17.9 Å². The third kappa shape index (κ3) is 5.49. The van der Waals surface area contributed by atoms with Gasteiger partial charge in [0.1, 0.15) is 12.1 Å². The number of halogens is 3. The van der Waals surface area contributed by atoms with Gasteiger partial charge in [-0.2, -0.15) is 0 Å². The van der Waals surface area contributed by atoms with Crippen molar-refractivity contribution in [3.63, 3.8) is 0 Å². The molecule has 1 aromatic heterocycles. The molecule has 0 aliphatic carbocycles. The maximum atomic E-state index is 12.0. The fourth-order valence-electron chi connectivity index (χ4n) is 1.67. The van der Waals surface area contributed by atoms with Crippen LogP contribution in [-0.4, -0.2) is 27.1 Å². The molecular weight excluding hydrogens is 313 g/mol. The molecule has 0 spiro atoms. The molecule has 0 unspecified atom stereocenters. The monoisotopic (exact) mass is 328 g/mol. The van der Waals surface area contributed by atoms with E-state index < -0.39 is 6.36 Å². The van der Waals surface area contributed by atoms with Gasteiger partial charge in [-0.05, 0) is 17.7 Å². The van der Waals surface area contributed by atoms with Crippen molar-refractivity contribution in [3.8, 4) is 5.75 Å². The Bertz CT molecular complexity index is 665. The number of nitrogens with zero attached hydrogens (tertiary/aromatic N) is 4. The first-order valence-corrected chi connectivity index (χ1v) is 6.55. The van der Waals surface area contributed by atoms with Crippen molar-refractivity contribution in [1.29, 1.82) is 0 Å². The van der Waals surface area contributed by atoms with Crippen molar-refractivity contribution >= 4 is 5.96 Å². The molecule has 0 radical (unpaired) electrons. The molecule has 0 fully saturated rings. The molecule has 23 heavy (non-hydrogen) atoms. The summed E-state index contributed by atoms with van der Waals surface area (Å²) in [6, 6.07) is 5.42. The van der Waals surface area contributed by atoms with E-state index >= 15 is 0 Å². The van der Waals surface area contributed by atoms with Crippen LogP contribution in [-0.2, 0) is 20.1 Å². The average Bonchev–Trinajstić information content (AvgIpc) is 2.88.